The van der Waals surface area contributed by atoms with Crippen molar-refractivity contribution in [2.45, 2.75) is 6.42 Å². The first-order chi connectivity index (χ1) is 8.17. The molecule has 0 N–H and O–H groups in total. The Kier molecular flexibility index (Phi) is 3.76. The fourth-order valence-electron chi connectivity index (χ4n) is 1.33. The first-order valence-corrected chi connectivity index (χ1v) is 5.61. The summed E-state index contributed by atoms with van der Waals surface area (Å²) in [5, 5.41) is 0.669. The van der Waals surface area contributed by atoms with Gasteiger partial charge in [0.15, 0.2) is 0 Å². The molecule has 0 amide bonds. The standard InChI is InChI=1S/C11H9Cl2N3O/c1-17-11-3-2-7(6-14-11)4-10-15-8(12)5-9(13)16-10/h2-3,5-6H,4H2,1H3. The molecule has 0 aromatic carbocycles. The quantitative estimate of drug-likeness (QED) is 0.804. The van der Waals surface area contributed by atoms with E-state index in [0.29, 0.717) is 28.4 Å². The molecule has 0 bridgehead atoms. The zero-order chi connectivity index (χ0) is 12.3. The number of nitrogens with zero attached hydrogens (tertiary/aromatic N) is 3. The van der Waals surface area contributed by atoms with E-state index in [2.05, 4.69) is 15.0 Å². The van der Waals surface area contributed by atoms with E-state index in [1.807, 2.05) is 6.07 Å². The second kappa shape index (κ2) is 5.29. The maximum atomic E-state index is 5.79. The Morgan fingerprint density at radius 3 is 2.41 bits per heavy atom. The van der Waals surface area contributed by atoms with Crippen LogP contribution in [-0.4, -0.2) is 22.1 Å². The third-order valence-corrected chi connectivity index (χ3v) is 2.47. The summed E-state index contributed by atoms with van der Waals surface area (Å²) in [4.78, 5) is 12.3. The third-order valence-electron chi connectivity index (χ3n) is 2.08. The normalized spacial score (nSPS) is 10.3. The summed E-state index contributed by atoms with van der Waals surface area (Å²) in [5.41, 5.74) is 0.962. The van der Waals surface area contributed by atoms with Gasteiger partial charge in [0.05, 0.1) is 7.11 Å². The fraction of sp³-hybridized carbons (Fsp3) is 0.182. The van der Waals surface area contributed by atoms with E-state index < -0.39 is 0 Å². The van der Waals surface area contributed by atoms with Crippen LogP contribution in [0.15, 0.2) is 24.4 Å². The van der Waals surface area contributed by atoms with Gasteiger partial charge in [-0.2, -0.15) is 0 Å². The van der Waals surface area contributed by atoms with Gasteiger partial charge in [-0.25, -0.2) is 15.0 Å². The molecule has 0 radical (unpaired) electrons. The average molecular weight is 270 g/mol. The van der Waals surface area contributed by atoms with Gasteiger partial charge in [-0.1, -0.05) is 29.3 Å². The Labute approximate surface area is 109 Å². The van der Waals surface area contributed by atoms with Crippen molar-refractivity contribution in [3.63, 3.8) is 0 Å². The van der Waals surface area contributed by atoms with Crippen LogP contribution in [0.4, 0.5) is 0 Å². The summed E-state index contributed by atoms with van der Waals surface area (Å²) in [7, 11) is 1.57. The molecular weight excluding hydrogens is 261 g/mol. The molecule has 0 aliphatic rings. The Morgan fingerprint density at radius 2 is 1.88 bits per heavy atom. The monoisotopic (exact) mass is 269 g/mol. The lowest BCUT2D eigenvalue weighted by Gasteiger charge is -2.03. The SMILES string of the molecule is COc1ccc(Cc2nc(Cl)cc(Cl)n2)cn1. The van der Waals surface area contributed by atoms with E-state index in [4.69, 9.17) is 27.9 Å². The molecule has 0 aliphatic heterocycles. The zero-order valence-corrected chi connectivity index (χ0v) is 10.5. The van der Waals surface area contributed by atoms with Crippen LogP contribution in [0.2, 0.25) is 10.3 Å². The minimum atomic E-state index is 0.335. The van der Waals surface area contributed by atoms with Gasteiger partial charge in [0.25, 0.3) is 0 Å². The highest BCUT2D eigenvalue weighted by Gasteiger charge is 2.04. The van der Waals surface area contributed by atoms with Crippen molar-refractivity contribution in [2.24, 2.45) is 0 Å². The number of methoxy groups -OCH3 is 1. The number of hydrogen-bond acceptors (Lipinski definition) is 4. The highest BCUT2D eigenvalue weighted by molar-refractivity contribution is 6.33. The number of rotatable bonds is 3. The molecule has 0 unspecified atom stereocenters. The van der Waals surface area contributed by atoms with Crippen LogP contribution in [0.3, 0.4) is 0 Å². The molecule has 2 rings (SSSR count). The first kappa shape index (κ1) is 12.1. The molecule has 4 nitrogen and oxygen atoms in total. The van der Waals surface area contributed by atoms with Gasteiger partial charge in [-0.3, -0.25) is 0 Å². The topological polar surface area (TPSA) is 47.9 Å². The van der Waals surface area contributed by atoms with Gasteiger partial charge in [0.1, 0.15) is 16.1 Å². The van der Waals surface area contributed by atoms with Gasteiger partial charge in [-0.15, -0.1) is 0 Å². The van der Waals surface area contributed by atoms with Crippen LogP contribution in [0.25, 0.3) is 0 Å². The van der Waals surface area contributed by atoms with Crippen molar-refractivity contribution in [1.29, 1.82) is 0 Å². The van der Waals surface area contributed by atoms with Crippen molar-refractivity contribution in [2.75, 3.05) is 7.11 Å². The van der Waals surface area contributed by atoms with Crippen molar-refractivity contribution in [3.05, 3.63) is 46.1 Å². The molecule has 17 heavy (non-hydrogen) atoms. The number of ether oxygens (including phenoxy) is 1. The number of hydrogen-bond donors (Lipinski definition) is 0. The van der Waals surface area contributed by atoms with Gasteiger partial charge >= 0.3 is 0 Å². The largest absolute Gasteiger partial charge is 0.481 e. The minimum absolute atomic E-state index is 0.335. The number of aromatic nitrogens is 3. The number of pyridine rings is 1. The first-order valence-electron chi connectivity index (χ1n) is 4.85. The molecule has 2 aromatic heterocycles. The molecule has 2 aromatic rings. The van der Waals surface area contributed by atoms with Gasteiger partial charge in [0, 0.05) is 24.8 Å². The van der Waals surface area contributed by atoms with E-state index in [-0.39, 0.29) is 0 Å². The predicted octanol–water partition coefficient (Wildman–Crippen LogP) is 2.78. The third kappa shape index (κ3) is 3.28. The van der Waals surface area contributed by atoms with E-state index in [1.54, 1.807) is 19.4 Å². The van der Waals surface area contributed by atoms with Crippen LogP contribution < -0.4 is 4.74 Å². The Hall–Kier alpha value is -1.39. The van der Waals surface area contributed by atoms with Crippen LogP contribution >= 0.6 is 23.2 Å². The highest BCUT2D eigenvalue weighted by Crippen LogP contribution is 2.14. The van der Waals surface area contributed by atoms with Crippen LogP contribution in [0, 0.1) is 0 Å². The Balaban J connectivity index is 2.19. The second-order valence-electron chi connectivity index (χ2n) is 3.32. The second-order valence-corrected chi connectivity index (χ2v) is 4.09. The van der Waals surface area contributed by atoms with Gasteiger partial charge in [-0.05, 0) is 5.56 Å². The van der Waals surface area contributed by atoms with E-state index >= 15 is 0 Å². The minimum Gasteiger partial charge on any atom is -0.481 e. The lowest BCUT2D eigenvalue weighted by atomic mass is 10.2. The lowest BCUT2D eigenvalue weighted by molar-refractivity contribution is 0.397. The molecule has 0 fully saturated rings. The Morgan fingerprint density at radius 1 is 1.18 bits per heavy atom. The van der Waals surface area contributed by atoms with Crippen molar-refractivity contribution in [1.82, 2.24) is 15.0 Å². The molecule has 6 heteroatoms. The molecule has 0 atom stereocenters. The van der Waals surface area contributed by atoms with Gasteiger partial charge < -0.3 is 4.74 Å². The van der Waals surface area contributed by atoms with E-state index in [0.717, 1.165) is 5.56 Å². The summed E-state index contributed by atoms with van der Waals surface area (Å²) < 4.78 is 4.97. The molecule has 0 spiro atoms. The summed E-state index contributed by atoms with van der Waals surface area (Å²) in [6.07, 6.45) is 2.23. The smallest absolute Gasteiger partial charge is 0.212 e. The molecule has 2 heterocycles. The Bertz CT molecular complexity index is 496. The van der Waals surface area contributed by atoms with Gasteiger partial charge in [0.2, 0.25) is 5.88 Å². The summed E-state index contributed by atoms with van der Waals surface area (Å²) in [6, 6.07) is 5.17. The summed E-state index contributed by atoms with van der Waals surface area (Å²) in [5.74, 6) is 1.13. The number of halogens is 2. The fourth-order valence-corrected chi connectivity index (χ4v) is 1.79. The van der Waals surface area contributed by atoms with Crippen LogP contribution in [0.1, 0.15) is 11.4 Å². The highest BCUT2D eigenvalue weighted by atomic mass is 35.5. The maximum absolute atomic E-state index is 5.79. The van der Waals surface area contributed by atoms with E-state index in [9.17, 15) is 0 Å². The maximum Gasteiger partial charge on any atom is 0.212 e. The molecular formula is C11H9Cl2N3O. The lowest BCUT2D eigenvalue weighted by Crippen LogP contribution is -1.98. The molecule has 0 saturated heterocycles. The summed E-state index contributed by atoms with van der Waals surface area (Å²) in [6.45, 7) is 0. The van der Waals surface area contributed by atoms with Crippen LogP contribution in [-0.2, 0) is 6.42 Å². The summed E-state index contributed by atoms with van der Waals surface area (Å²) >= 11 is 11.6. The van der Waals surface area contributed by atoms with Crippen molar-refractivity contribution >= 4 is 23.2 Å². The van der Waals surface area contributed by atoms with Crippen molar-refractivity contribution in [3.8, 4) is 5.88 Å². The van der Waals surface area contributed by atoms with Crippen LogP contribution in [0.5, 0.6) is 5.88 Å². The molecule has 0 saturated carbocycles. The average Bonchev–Trinajstić information content (AvgIpc) is 2.28. The predicted molar refractivity (Wildman–Crippen MR) is 65.6 cm³/mol. The molecule has 0 aliphatic carbocycles. The van der Waals surface area contributed by atoms with E-state index in [1.165, 1.54) is 6.07 Å². The zero-order valence-electron chi connectivity index (χ0n) is 9.02. The van der Waals surface area contributed by atoms with Crippen molar-refractivity contribution < 1.29 is 4.74 Å². The molecule has 88 valence electrons.